The highest BCUT2D eigenvalue weighted by Gasteiger charge is 2.44. The second kappa shape index (κ2) is 14.8. The van der Waals surface area contributed by atoms with Crippen LogP contribution in [0.5, 0.6) is 11.5 Å². The predicted molar refractivity (Wildman–Crippen MR) is 209 cm³/mol. The molecule has 11 nitrogen and oxygen atoms in total. The number of hydrogen-bond donors (Lipinski definition) is 0. The number of benzene rings is 3. The molecule has 14 heteroatoms. The minimum atomic E-state index is -1.43. The number of rotatable bonds is 11. The number of esters is 1. The van der Waals surface area contributed by atoms with Gasteiger partial charge in [-0.25, -0.2) is 18.4 Å². The van der Waals surface area contributed by atoms with Gasteiger partial charge in [-0.3, -0.25) is 9.69 Å². The van der Waals surface area contributed by atoms with Crippen LogP contribution in [0, 0.1) is 23.0 Å². The number of carbonyl (C=O) groups is 2. The Morgan fingerprint density at radius 2 is 1.77 bits per heavy atom. The largest absolute Gasteiger partial charge is 0.490 e. The molecule has 0 spiro atoms. The first kappa shape index (κ1) is 37.9. The lowest BCUT2D eigenvalue weighted by molar-refractivity contribution is -0.0143. The van der Waals surface area contributed by atoms with Crippen LogP contribution in [0.3, 0.4) is 0 Å². The Bertz CT molecular complexity index is 2220. The number of carbonyl (C=O) groups excluding carboxylic acids is 2. The van der Waals surface area contributed by atoms with Crippen molar-refractivity contribution in [2.24, 2.45) is 11.3 Å². The lowest BCUT2D eigenvalue weighted by Gasteiger charge is -2.35. The van der Waals surface area contributed by atoms with E-state index in [1.807, 2.05) is 39.8 Å². The van der Waals surface area contributed by atoms with Crippen molar-refractivity contribution in [3.63, 3.8) is 0 Å². The SMILES string of the molecule is C[SiH](C)OC([C@H]1CN(c2ccc(OC[C@H]3C[C@H]4COc5c(c(F)cc6c(=O)c(C(=O)OCc7ccccc7)cn(C7CC7)c56)N4C3)c(F)c2)C(=O)O1)C(C)(C)C. The van der Waals surface area contributed by atoms with Gasteiger partial charge in [0, 0.05) is 30.8 Å². The van der Waals surface area contributed by atoms with E-state index >= 15 is 8.78 Å². The third kappa shape index (κ3) is 7.36. The van der Waals surface area contributed by atoms with Gasteiger partial charge in [-0.1, -0.05) is 51.1 Å². The van der Waals surface area contributed by atoms with Gasteiger partial charge in [-0.2, -0.15) is 0 Å². The molecule has 296 valence electrons. The molecule has 3 aromatic carbocycles. The maximum absolute atomic E-state index is 16.2. The monoisotopic (exact) mass is 787 g/mol. The molecule has 1 aliphatic carbocycles. The zero-order valence-corrected chi connectivity index (χ0v) is 33.4. The summed E-state index contributed by atoms with van der Waals surface area (Å²) in [7, 11) is -1.43. The van der Waals surface area contributed by atoms with E-state index in [9.17, 15) is 14.4 Å². The average molecular weight is 788 g/mol. The Labute approximate surface area is 325 Å². The lowest BCUT2D eigenvalue weighted by atomic mass is 9.86. The molecule has 3 aliphatic heterocycles. The number of cyclic esters (lactones) is 1. The number of anilines is 2. The molecule has 1 saturated carbocycles. The van der Waals surface area contributed by atoms with Crippen molar-refractivity contribution in [3.8, 4) is 11.5 Å². The Balaban J connectivity index is 0.970. The van der Waals surface area contributed by atoms with Crippen LogP contribution in [0.25, 0.3) is 10.9 Å². The van der Waals surface area contributed by atoms with Crippen molar-refractivity contribution in [1.29, 1.82) is 0 Å². The smallest absolute Gasteiger partial charge is 0.414 e. The van der Waals surface area contributed by atoms with Gasteiger partial charge in [-0.15, -0.1) is 0 Å². The van der Waals surface area contributed by atoms with Crippen LogP contribution in [0.4, 0.5) is 25.0 Å². The molecule has 3 fully saturated rings. The van der Waals surface area contributed by atoms with E-state index in [-0.39, 0.29) is 84.0 Å². The first-order chi connectivity index (χ1) is 26.8. The number of fused-ring (bicyclic) bond motifs is 5. The third-order valence-electron chi connectivity index (χ3n) is 10.9. The molecular weight excluding hydrogens is 741 g/mol. The Hall–Kier alpha value is -4.95. The Morgan fingerprint density at radius 1 is 1.00 bits per heavy atom. The van der Waals surface area contributed by atoms with Gasteiger partial charge in [-0.05, 0) is 61.5 Å². The summed E-state index contributed by atoms with van der Waals surface area (Å²) in [6.45, 7) is 11.4. The molecule has 4 heterocycles. The van der Waals surface area contributed by atoms with Crippen molar-refractivity contribution in [2.45, 2.75) is 84.0 Å². The zero-order chi connectivity index (χ0) is 39.5. The molecular formula is C42H47F2N3O8Si. The summed E-state index contributed by atoms with van der Waals surface area (Å²) in [4.78, 5) is 43.2. The van der Waals surface area contributed by atoms with E-state index in [1.165, 1.54) is 29.3 Å². The van der Waals surface area contributed by atoms with E-state index < -0.39 is 44.3 Å². The van der Waals surface area contributed by atoms with Gasteiger partial charge in [0.2, 0.25) is 5.43 Å². The van der Waals surface area contributed by atoms with Gasteiger partial charge >= 0.3 is 12.1 Å². The van der Waals surface area contributed by atoms with Crippen LogP contribution in [0.1, 0.15) is 62.0 Å². The van der Waals surface area contributed by atoms with Gasteiger partial charge in [0.05, 0.1) is 41.9 Å². The first-order valence-electron chi connectivity index (χ1n) is 19.3. The number of aromatic nitrogens is 1. The number of ether oxygens (including phenoxy) is 4. The normalized spacial score (nSPS) is 21.1. The quantitative estimate of drug-likeness (QED) is 0.114. The van der Waals surface area contributed by atoms with Crippen LogP contribution < -0.4 is 24.7 Å². The molecule has 4 aromatic rings. The van der Waals surface area contributed by atoms with Crippen LogP contribution in [-0.4, -0.2) is 70.2 Å². The zero-order valence-electron chi connectivity index (χ0n) is 32.3. The number of nitrogens with zero attached hydrogens (tertiary/aromatic N) is 3. The van der Waals surface area contributed by atoms with E-state index in [1.54, 1.807) is 6.07 Å². The molecule has 4 aliphatic rings. The average Bonchev–Trinajstić information content (AvgIpc) is 3.81. The van der Waals surface area contributed by atoms with Gasteiger partial charge in [0.1, 0.15) is 30.6 Å². The minimum Gasteiger partial charge on any atom is -0.490 e. The summed E-state index contributed by atoms with van der Waals surface area (Å²) in [6.07, 6.45) is 2.52. The number of amides is 1. The van der Waals surface area contributed by atoms with Gasteiger partial charge < -0.3 is 32.8 Å². The molecule has 56 heavy (non-hydrogen) atoms. The summed E-state index contributed by atoms with van der Waals surface area (Å²) in [5, 5.41) is 0.0658. The van der Waals surface area contributed by atoms with E-state index in [4.69, 9.17) is 23.4 Å². The fourth-order valence-corrected chi connectivity index (χ4v) is 9.33. The summed E-state index contributed by atoms with van der Waals surface area (Å²) in [5.74, 6) is -1.75. The highest BCUT2D eigenvalue weighted by molar-refractivity contribution is 6.48. The molecule has 8 rings (SSSR count). The summed E-state index contributed by atoms with van der Waals surface area (Å²) < 4.78 is 63.3. The topological polar surface area (TPSA) is 109 Å². The maximum Gasteiger partial charge on any atom is 0.414 e. The second-order valence-corrected chi connectivity index (χ2v) is 19.0. The van der Waals surface area contributed by atoms with Crippen molar-refractivity contribution in [3.05, 3.63) is 93.8 Å². The predicted octanol–water partition coefficient (Wildman–Crippen LogP) is 7.38. The number of halogens is 2. The Kier molecular flexibility index (Phi) is 10.1. The standard InChI is InChI=1S/C42H47F2N3O8Si/c1-42(2,3)39(55-56(4)5)34-20-47(41(50)54-34)27-13-14-33(31(43)16-27)51-22-25-15-28-23-52-38-35-29(17-32(44)36(38)45(28)18-25)37(48)30(19-46(35)26-11-12-26)40(49)53-21-24-9-7-6-8-10-24/h6-10,13-14,16-17,19,25-26,28,34,39,56H,11-12,15,18,20-23H2,1-5H3/t25-,28-,34+,39?/m0/s1. The molecule has 4 atom stereocenters. The molecule has 2 saturated heterocycles. The van der Waals surface area contributed by atoms with Crippen LogP contribution in [0.15, 0.2) is 65.6 Å². The minimum absolute atomic E-state index is 0.00484. The molecule has 0 N–H and O–H groups in total. The van der Waals surface area contributed by atoms with Crippen molar-refractivity contribution in [2.75, 3.05) is 36.1 Å². The van der Waals surface area contributed by atoms with Gasteiger partial charge in [0.15, 0.2) is 32.2 Å². The van der Waals surface area contributed by atoms with E-state index in [0.29, 0.717) is 24.2 Å². The highest BCUT2D eigenvalue weighted by Crippen LogP contribution is 2.48. The second-order valence-electron chi connectivity index (χ2n) is 16.7. The van der Waals surface area contributed by atoms with Crippen LogP contribution in [-0.2, 0) is 20.5 Å². The molecule has 1 amide bonds. The maximum atomic E-state index is 16.2. The van der Waals surface area contributed by atoms with Crippen LogP contribution >= 0.6 is 0 Å². The first-order valence-corrected chi connectivity index (χ1v) is 22.1. The highest BCUT2D eigenvalue weighted by atomic mass is 28.3. The molecule has 0 bridgehead atoms. The van der Waals surface area contributed by atoms with Crippen molar-refractivity contribution < 1.29 is 41.7 Å². The molecule has 1 unspecified atom stereocenters. The third-order valence-corrected chi connectivity index (χ3v) is 11.8. The molecule has 0 radical (unpaired) electrons. The van der Waals surface area contributed by atoms with Crippen molar-refractivity contribution in [1.82, 2.24) is 4.57 Å². The Morgan fingerprint density at radius 3 is 2.46 bits per heavy atom. The number of pyridine rings is 1. The fraction of sp³-hybridized carbons (Fsp3) is 0.452. The lowest BCUT2D eigenvalue weighted by Crippen LogP contribution is -2.44. The van der Waals surface area contributed by atoms with Crippen molar-refractivity contribution >= 4 is 43.4 Å². The summed E-state index contributed by atoms with van der Waals surface area (Å²) in [5.41, 5.74) is 0.867. The summed E-state index contributed by atoms with van der Waals surface area (Å²) in [6, 6.07) is 14.7. The summed E-state index contributed by atoms with van der Waals surface area (Å²) >= 11 is 0. The van der Waals surface area contributed by atoms with Gasteiger partial charge in [0.25, 0.3) is 0 Å². The van der Waals surface area contributed by atoms with E-state index in [0.717, 1.165) is 18.4 Å². The fourth-order valence-electron chi connectivity index (χ4n) is 8.16. The number of hydrogen-bond acceptors (Lipinski definition) is 9. The molecule has 1 aromatic heterocycles. The van der Waals surface area contributed by atoms with E-state index in [2.05, 4.69) is 33.9 Å². The van der Waals surface area contributed by atoms with Crippen LogP contribution in [0.2, 0.25) is 13.1 Å².